The second-order valence-electron chi connectivity index (χ2n) is 6.59. The molecule has 0 bridgehead atoms. The van der Waals surface area contributed by atoms with Gasteiger partial charge in [0.25, 0.3) is 5.56 Å². The van der Waals surface area contributed by atoms with Crippen LogP contribution in [0.15, 0.2) is 40.3 Å². The monoisotopic (exact) mass is 435 g/mol. The van der Waals surface area contributed by atoms with Crippen LogP contribution in [0.1, 0.15) is 36.8 Å². The summed E-state index contributed by atoms with van der Waals surface area (Å²) in [6, 6.07) is 7.99. The summed E-state index contributed by atoms with van der Waals surface area (Å²) in [4.78, 5) is 42.8. The molecule has 9 heteroatoms. The number of hydrogen-bond donors (Lipinski definition) is 2. The van der Waals surface area contributed by atoms with E-state index in [2.05, 4.69) is 15.3 Å². The number of carbonyl (C=O) groups excluding carboxylic acids is 2. The first-order valence-corrected chi connectivity index (χ1v) is 11.4. The van der Waals surface area contributed by atoms with Gasteiger partial charge in [0.1, 0.15) is 0 Å². The zero-order valence-corrected chi connectivity index (χ0v) is 18.3. The molecule has 0 saturated heterocycles. The van der Waals surface area contributed by atoms with Crippen LogP contribution in [0.4, 0.5) is 5.69 Å². The first-order chi connectivity index (χ1) is 13.9. The van der Waals surface area contributed by atoms with E-state index in [0.29, 0.717) is 34.5 Å². The molecule has 0 radical (unpaired) electrons. The number of anilines is 1. The lowest BCUT2D eigenvalue weighted by Crippen LogP contribution is -2.16. The summed E-state index contributed by atoms with van der Waals surface area (Å²) in [5.41, 5.74) is 1.48. The van der Waals surface area contributed by atoms with Crippen LogP contribution in [-0.4, -0.2) is 40.0 Å². The smallest absolute Gasteiger partial charge is 0.338 e. The Morgan fingerprint density at radius 3 is 2.62 bits per heavy atom. The molecule has 2 rings (SSSR count). The van der Waals surface area contributed by atoms with Gasteiger partial charge in [-0.25, -0.2) is 9.78 Å². The highest BCUT2D eigenvalue weighted by Gasteiger charge is 2.10. The maximum atomic E-state index is 12.2. The minimum absolute atomic E-state index is 0.103. The molecule has 0 aliphatic carbocycles. The number of thioether (sulfide) groups is 2. The van der Waals surface area contributed by atoms with Crippen LogP contribution in [0.2, 0.25) is 0 Å². The van der Waals surface area contributed by atoms with Gasteiger partial charge in [-0.15, -0.1) is 0 Å². The van der Waals surface area contributed by atoms with Gasteiger partial charge in [0.15, 0.2) is 5.16 Å². The Balaban J connectivity index is 1.87. The second-order valence-corrected chi connectivity index (χ2v) is 8.82. The molecule has 0 unspecified atom stereocenters. The SMILES string of the molecule is CCSCc1cc(=O)[nH]c(SCC(=O)Nc2ccc(C(=O)OCC(C)C)cc2)n1. The van der Waals surface area contributed by atoms with Gasteiger partial charge >= 0.3 is 5.97 Å². The molecule has 2 N–H and O–H groups in total. The number of hydrogen-bond acceptors (Lipinski definition) is 7. The van der Waals surface area contributed by atoms with Gasteiger partial charge in [0.2, 0.25) is 5.91 Å². The Morgan fingerprint density at radius 1 is 1.24 bits per heavy atom. The molecule has 0 saturated carbocycles. The number of aromatic amines is 1. The molecule has 29 heavy (non-hydrogen) atoms. The van der Waals surface area contributed by atoms with Crippen LogP contribution in [0, 0.1) is 5.92 Å². The predicted octanol–water partition coefficient (Wildman–Crippen LogP) is 3.57. The molecule has 1 heterocycles. The van der Waals surface area contributed by atoms with E-state index in [1.807, 2.05) is 20.8 Å². The lowest BCUT2D eigenvalue weighted by molar-refractivity contribution is -0.113. The summed E-state index contributed by atoms with van der Waals surface area (Å²) in [5, 5.41) is 3.18. The highest BCUT2D eigenvalue weighted by atomic mass is 32.2. The van der Waals surface area contributed by atoms with E-state index in [0.717, 1.165) is 17.5 Å². The zero-order chi connectivity index (χ0) is 21.2. The van der Waals surface area contributed by atoms with Gasteiger partial charge in [0.05, 0.1) is 23.6 Å². The first-order valence-electron chi connectivity index (χ1n) is 9.25. The van der Waals surface area contributed by atoms with Gasteiger partial charge < -0.3 is 15.0 Å². The molecular weight excluding hydrogens is 410 g/mol. The molecule has 0 atom stereocenters. The molecule has 7 nitrogen and oxygen atoms in total. The third-order valence-corrected chi connectivity index (χ3v) is 5.30. The van der Waals surface area contributed by atoms with Crippen LogP contribution >= 0.6 is 23.5 Å². The molecule has 0 spiro atoms. The van der Waals surface area contributed by atoms with E-state index in [4.69, 9.17) is 4.74 Å². The summed E-state index contributed by atoms with van der Waals surface area (Å²) in [7, 11) is 0. The standard InChI is InChI=1S/C20H25N3O4S2/c1-4-28-11-16-9-17(24)23-20(22-16)29-12-18(25)21-15-7-5-14(6-8-15)19(26)27-10-13(2)3/h5-9,13H,4,10-12H2,1-3H3,(H,21,25)(H,22,23,24). The third kappa shape index (κ3) is 8.33. The predicted molar refractivity (Wildman–Crippen MR) is 118 cm³/mol. The van der Waals surface area contributed by atoms with Crippen molar-refractivity contribution in [2.45, 2.75) is 31.7 Å². The largest absolute Gasteiger partial charge is 0.462 e. The zero-order valence-electron chi connectivity index (χ0n) is 16.7. The Kier molecular flexibility index (Phi) is 9.27. The van der Waals surface area contributed by atoms with E-state index >= 15 is 0 Å². The number of esters is 1. The van der Waals surface area contributed by atoms with Gasteiger partial charge in [-0.05, 0) is 35.9 Å². The summed E-state index contributed by atoms with van der Waals surface area (Å²) < 4.78 is 5.17. The molecular formula is C20H25N3O4S2. The number of aromatic nitrogens is 2. The van der Waals surface area contributed by atoms with Crippen LogP contribution in [0.25, 0.3) is 0 Å². The Hall–Kier alpha value is -2.26. The topological polar surface area (TPSA) is 101 Å². The van der Waals surface area contributed by atoms with Crippen molar-refractivity contribution < 1.29 is 14.3 Å². The highest BCUT2D eigenvalue weighted by Crippen LogP contribution is 2.16. The second kappa shape index (κ2) is 11.7. The van der Waals surface area contributed by atoms with Crippen molar-refractivity contribution in [3.05, 3.63) is 51.9 Å². The molecule has 0 aliphatic rings. The van der Waals surface area contributed by atoms with Crippen molar-refractivity contribution in [1.82, 2.24) is 9.97 Å². The fraction of sp³-hybridized carbons (Fsp3) is 0.400. The van der Waals surface area contributed by atoms with Crippen LogP contribution < -0.4 is 10.9 Å². The summed E-state index contributed by atoms with van der Waals surface area (Å²) in [6.45, 7) is 6.34. The number of carbonyl (C=O) groups is 2. The van der Waals surface area contributed by atoms with E-state index in [-0.39, 0.29) is 29.1 Å². The number of ether oxygens (including phenoxy) is 1. The fourth-order valence-corrected chi connectivity index (χ4v) is 3.43. The quantitative estimate of drug-likeness (QED) is 0.334. The molecule has 156 valence electrons. The van der Waals surface area contributed by atoms with Crippen molar-refractivity contribution in [2.24, 2.45) is 5.92 Å². The number of amides is 1. The number of nitrogens with one attached hydrogen (secondary N) is 2. The number of benzene rings is 1. The summed E-state index contributed by atoms with van der Waals surface area (Å²) in [5.74, 6) is 1.35. The van der Waals surface area contributed by atoms with Crippen molar-refractivity contribution in [1.29, 1.82) is 0 Å². The molecule has 1 aromatic carbocycles. The minimum Gasteiger partial charge on any atom is -0.462 e. The third-order valence-electron chi connectivity index (χ3n) is 3.52. The first kappa shape index (κ1) is 23.0. The van der Waals surface area contributed by atoms with E-state index in [9.17, 15) is 14.4 Å². The fourth-order valence-electron chi connectivity index (χ4n) is 2.18. The Labute approximate surface area is 178 Å². The molecule has 1 aromatic heterocycles. The maximum Gasteiger partial charge on any atom is 0.338 e. The van der Waals surface area contributed by atoms with Crippen molar-refractivity contribution in [2.75, 3.05) is 23.4 Å². The number of H-pyrrole nitrogens is 1. The number of rotatable bonds is 10. The van der Waals surface area contributed by atoms with Gasteiger partial charge in [0, 0.05) is 17.5 Å². The van der Waals surface area contributed by atoms with Crippen LogP contribution in [-0.2, 0) is 15.3 Å². The lowest BCUT2D eigenvalue weighted by atomic mass is 10.2. The van der Waals surface area contributed by atoms with Crippen molar-refractivity contribution in [3.8, 4) is 0 Å². The minimum atomic E-state index is -0.386. The highest BCUT2D eigenvalue weighted by molar-refractivity contribution is 7.99. The van der Waals surface area contributed by atoms with Gasteiger partial charge in [-0.2, -0.15) is 11.8 Å². The van der Waals surface area contributed by atoms with Crippen LogP contribution in [0.3, 0.4) is 0 Å². The molecule has 2 aromatic rings. The Morgan fingerprint density at radius 2 is 1.97 bits per heavy atom. The maximum absolute atomic E-state index is 12.2. The van der Waals surface area contributed by atoms with Crippen LogP contribution in [0.5, 0.6) is 0 Å². The summed E-state index contributed by atoms with van der Waals surface area (Å²) in [6.07, 6.45) is 0. The average molecular weight is 436 g/mol. The Bertz CT molecular complexity index is 882. The van der Waals surface area contributed by atoms with Gasteiger partial charge in [-0.3, -0.25) is 9.59 Å². The van der Waals surface area contributed by atoms with Crippen molar-refractivity contribution in [3.63, 3.8) is 0 Å². The number of nitrogens with zero attached hydrogens (tertiary/aromatic N) is 1. The van der Waals surface area contributed by atoms with E-state index in [1.165, 1.54) is 6.07 Å². The lowest BCUT2D eigenvalue weighted by Gasteiger charge is -2.08. The van der Waals surface area contributed by atoms with E-state index < -0.39 is 0 Å². The molecule has 0 fully saturated rings. The molecule has 0 aliphatic heterocycles. The van der Waals surface area contributed by atoms with Crippen molar-refractivity contribution >= 4 is 41.1 Å². The average Bonchev–Trinajstić information content (AvgIpc) is 2.69. The molecule has 1 amide bonds. The van der Waals surface area contributed by atoms with E-state index in [1.54, 1.807) is 36.0 Å². The normalized spacial score (nSPS) is 10.8. The van der Waals surface area contributed by atoms with Gasteiger partial charge in [-0.1, -0.05) is 32.5 Å². The summed E-state index contributed by atoms with van der Waals surface area (Å²) >= 11 is 2.84.